The summed E-state index contributed by atoms with van der Waals surface area (Å²) in [6.45, 7) is 9.67. The molecule has 6 heteroatoms. The van der Waals surface area contributed by atoms with Gasteiger partial charge in [-0.1, -0.05) is 27.7 Å². The summed E-state index contributed by atoms with van der Waals surface area (Å²) in [5.74, 6) is -0.723. The van der Waals surface area contributed by atoms with E-state index < -0.39 is 12.0 Å². The summed E-state index contributed by atoms with van der Waals surface area (Å²) in [6, 6.07) is -1.22. The Balaban J connectivity index is 2.54. The molecule has 110 valence electrons. The highest BCUT2D eigenvalue weighted by Gasteiger charge is 2.33. The molecular formula is C13H24N2O4. The molecule has 0 radical (unpaired) electrons. The number of carboxylic acid groups (broad SMARTS) is 1. The Hall–Kier alpha value is -1.30. The molecule has 0 aliphatic carbocycles. The van der Waals surface area contributed by atoms with Crippen molar-refractivity contribution in [3.05, 3.63) is 0 Å². The number of nitrogens with one attached hydrogen (secondary N) is 1. The number of morpholine rings is 1. The third kappa shape index (κ3) is 4.38. The summed E-state index contributed by atoms with van der Waals surface area (Å²) in [4.78, 5) is 24.4. The quantitative estimate of drug-likeness (QED) is 0.808. The van der Waals surface area contributed by atoms with E-state index in [1.54, 1.807) is 0 Å². The van der Waals surface area contributed by atoms with E-state index in [9.17, 15) is 9.59 Å². The summed E-state index contributed by atoms with van der Waals surface area (Å²) >= 11 is 0. The van der Waals surface area contributed by atoms with Crippen molar-refractivity contribution in [3.63, 3.8) is 0 Å². The van der Waals surface area contributed by atoms with Gasteiger partial charge in [-0.25, -0.2) is 9.59 Å². The van der Waals surface area contributed by atoms with Crippen LogP contribution in [0.5, 0.6) is 0 Å². The first-order valence-corrected chi connectivity index (χ1v) is 6.58. The summed E-state index contributed by atoms with van der Waals surface area (Å²) in [5.41, 5.74) is 0.102. The van der Waals surface area contributed by atoms with Gasteiger partial charge in [-0.05, 0) is 11.3 Å². The van der Waals surface area contributed by atoms with E-state index >= 15 is 0 Å². The Bertz CT molecular complexity index is 338. The van der Waals surface area contributed by atoms with Gasteiger partial charge in [0.1, 0.15) is 0 Å². The fourth-order valence-electron chi connectivity index (χ4n) is 1.70. The molecule has 1 heterocycles. The van der Waals surface area contributed by atoms with E-state index in [0.717, 1.165) is 0 Å². The van der Waals surface area contributed by atoms with Gasteiger partial charge in [0.05, 0.1) is 13.2 Å². The van der Waals surface area contributed by atoms with Crippen LogP contribution in [0.1, 0.15) is 27.7 Å². The van der Waals surface area contributed by atoms with Crippen molar-refractivity contribution in [1.29, 1.82) is 0 Å². The number of ether oxygens (including phenoxy) is 1. The summed E-state index contributed by atoms with van der Waals surface area (Å²) in [7, 11) is 0. The van der Waals surface area contributed by atoms with Gasteiger partial charge in [0.25, 0.3) is 0 Å². The minimum Gasteiger partial charge on any atom is -0.480 e. The van der Waals surface area contributed by atoms with E-state index in [-0.39, 0.29) is 18.1 Å². The van der Waals surface area contributed by atoms with Crippen LogP contribution in [0.2, 0.25) is 0 Å². The van der Waals surface area contributed by atoms with Crippen molar-refractivity contribution in [3.8, 4) is 0 Å². The van der Waals surface area contributed by atoms with E-state index in [0.29, 0.717) is 25.6 Å². The van der Waals surface area contributed by atoms with Crippen LogP contribution in [-0.4, -0.2) is 54.4 Å². The van der Waals surface area contributed by atoms with Gasteiger partial charge in [0.15, 0.2) is 6.04 Å². The van der Waals surface area contributed by atoms with Gasteiger partial charge in [-0.3, -0.25) is 0 Å². The van der Waals surface area contributed by atoms with Crippen molar-refractivity contribution in [2.24, 2.45) is 11.3 Å². The minimum absolute atomic E-state index is 0.0532. The molecular weight excluding hydrogens is 248 g/mol. The Kier molecular flexibility index (Phi) is 5.17. The fraction of sp³-hybridized carbons (Fsp3) is 0.846. The maximum Gasteiger partial charge on any atom is 0.328 e. The number of carboxylic acids is 1. The highest BCUT2D eigenvalue weighted by Crippen LogP contribution is 2.24. The molecule has 0 saturated carbocycles. The molecule has 2 N–H and O–H groups in total. The van der Waals surface area contributed by atoms with Crippen LogP contribution >= 0.6 is 0 Å². The summed E-state index contributed by atoms with van der Waals surface area (Å²) in [5, 5.41) is 11.9. The Morgan fingerprint density at radius 2 is 2.11 bits per heavy atom. The maximum atomic E-state index is 12.0. The number of carbonyl (C=O) groups is 2. The van der Waals surface area contributed by atoms with Gasteiger partial charge in [0.2, 0.25) is 0 Å². The second-order valence-corrected chi connectivity index (χ2v) is 6.08. The van der Waals surface area contributed by atoms with Crippen LogP contribution in [0, 0.1) is 11.3 Å². The van der Waals surface area contributed by atoms with Crippen LogP contribution < -0.4 is 5.32 Å². The molecule has 0 aromatic heterocycles. The molecule has 1 rings (SSSR count). The zero-order chi connectivity index (χ0) is 14.6. The number of carbonyl (C=O) groups excluding carboxylic acids is 1. The van der Waals surface area contributed by atoms with Crippen LogP contribution in [0.25, 0.3) is 0 Å². The number of aliphatic carboxylic acids is 1. The Labute approximate surface area is 114 Å². The van der Waals surface area contributed by atoms with Gasteiger partial charge in [0, 0.05) is 13.1 Å². The third-order valence-corrected chi connectivity index (χ3v) is 3.71. The minimum atomic E-state index is -1.03. The van der Waals surface area contributed by atoms with E-state index in [2.05, 4.69) is 33.0 Å². The highest BCUT2D eigenvalue weighted by atomic mass is 16.5. The molecule has 1 saturated heterocycles. The predicted molar refractivity (Wildman–Crippen MR) is 71.0 cm³/mol. The lowest BCUT2D eigenvalue weighted by atomic mass is 9.82. The molecule has 19 heavy (non-hydrogen) atoms. The van der Waals surface area contributed by atoms with Crippen molar-refractivity contribution in [1.82, 2.24) is 10.2 Å². The SMILES string of the molecule is CC(CNC(=O)N1CCOCC1C(=O)O)C(C)(C)C. The van der Waals surface area contributed by atoms with E-state index in [1.807, 2.05) is 0 Å². The summed E-state index contributed by atoms with van der Waals surface area (Å²) < 4.78 is 5.10. The fourth-order valence-corrected chi connectivity index (χ4v) is 1.70. The highest BCUT2D eigenvalue weighted by molar-refractivity contribution is 5.83. The van der Waals surface area contributed by atoms with Crippen molar-refractivity contribution in [2.75, 3.05) is 26.3 Å². The first kappa shape index (κ1) is 15.8. The maximum absolute atomic E-state index is 12.0. The number of nitrogens with zero attached hydrogens (tertiary/aromatic N) is 1. The Morgan fingerprint density at radius 1 is 1.47 bits per heavy atom. The summed E-state index contributed by atoms with van der Waals surface area (Å²) in [6.07, 6.45) is 0. The zero-order valence-corrected chi connectivity index (χ0v) is 12.1. The van der Waals surface area contributed by atoms with E-state index in [4.69, 9.17) is 9.84 Å². The molecule has 1 aliphatic heterocycles. The van der Waals surface area contributed by atoms with E-state index in [1.165, 1.54) is 4.90 Å². The van der Waals surface area contributed by atoms with Crippen LogP contribution in [-0.2, 0) is 9.53 Å². The normalized spacial score (nSPS) is 21.9. The average Bonchev–Trinajstić information content (AvgIpc) is 2.34. The van der Waals surface area contributed by atoms with Gasteiger partial charge in [-0.15, -0.1) is 0 Å². The largest absolute Gasteiger partial charge is 0.480 e. The molecule has 2 unspecified atom stereocenters. The number of hydrogen-bond acceptors (Lipinski definition) is 3. The number of amides is 2. The van der Waals surface area contributed by atoms with Crippen molar-refractivity contribution < 1.29 is 19.4 Å². The second kappa shape index (κ2) is 6.23. The van der Waals surface area contributed by atoms with Gasteiger partial charge < -0.3 is 20.1 Å². The average molecular weight is 272 g/mol. The topological polar surface area (TPSA) is 78.9 Å². The molecule has 1 fully saturated rings. The Morgan fingerprint density at radius 3 is 2.63 bits per heavy atom. The lowest BCUT2D eigenvalue weighted by Gasteiger charge is -2.34. The standard InChI is InChI=1S/C13H24N2O4/c1-9(13(2,3)4)7-14-12(18)15-5-6-19-8-10(15)11(16)17/h9-10H,5-8H2,1-4H3,(H,14,18)(H,16,17). The number of hydrogen-bond donors (Lipinski definition) is 2. The second-order valence-electron chi connectivity index (χ2n) is 6.08. The van der Waals surface area contributed by atoms with Gasteiger partial charge >= 0.3 is 12.0 Å². The smallest absolute Gasteiger partial charge is 0.328 e. The zero-order valence-electron chi connectivity index (χ0n) is 12.1. The molecule has 2 amide bonds. The monoisotopic (exact) mass is 272 g/mol. The first-order valence-electron chi connectivity index (χ1n) is 6.58. The van der Waals surface area contributed by atoms with Crippen LogP contribution in [0.15, 0.2) is 0 Å². The lowest BCUT2D eigenvalue weighted by Crippen LogP contribution is -2.56. The van der Waals surface area contributed by atoms with Crippen molar-refractivity contribution >= 4 is 12.0 Å². The third-order valence-electron chi connectivity index (χ3n) is 3.71. The first-order chi connectivity index (χ1) is 8.73. The predicted octanol–water partition coefficient (Wildman–Crippen LogP) is 1.16. The number of urea groups is 1. The van der Waals surface area contributed by atoms with Crippen molar-refractivity contribution in [2.45, 2.75) is 33.7 Å². The lowest BCUT2D eigenvalue weighted by molar-refractivity contribution is -0.147. The van der Waals surface area contributed by atoms with Crippen LogP contribution in [0.4, 0.5) is 4.79 Å². The molecule has 2 atom stereocenters. The van der Waals surface area contributed by atoms with Crippen LogP contribution in [0.3, 0.4) is 0 Å². The molecule has 1 aliphatic rings. The molecule has 6 nitrogen and oxygen atoms in total. The van der Waals surface area contributed by atoms with Gasteiger partial charge in [-0.2, -0.15) is 0 Å². The molecule has 0 aromatic rings. The molecule has 0 aromatic carbocycles. The molecule has 0 bridgehead atoms. The molecule has 0 spiro atoms. The number of rotatable bonds is 3.